The quantitative estimate of drug-likeness (QED) is 0.248. The van der Waals surface area contributed by atoms with E-state index >= 15 is 0 Å². The summed E-state index contributed by atoms with van der Waals surface area (Å²) >= 11 is 0. The molecule has 9 nitrogen and oxygen atoms in total. The van der Waals surface area contributed by atoms with Gasteiger partial charge in [-0.2, -0.15) is 0 Å². The maximum Gasteiger partial charge on any atom is 0.263 e. The van der Waals surface area contributed by atoms with Crippen LogP contribution < -0.4 is 19.5 Å². The lowest BCUT2D eigenvalue weighted by Gasteiger charge is -2.35. The number of para-hydroxylation sites is 1. The zero-order chi connectivity index (χ0) is 30.2. The number of anilines is 2. The van der Waals surface area contributed by atoms with Gasteiger partial charge < -0.3 is 19.7 Å². The molecule has 2 N–H and O–H groups in total. The van der Waals surface area contributed by atoms with Crippen molar-refractivity contribution in [3.63, 3.8) is 0 Å². The normalized spacial score (nSPS) is 13.8. The Morgan fingerprint density at radius 2 is 1.56 bits per heavy atom. The summed E-state index contributed by atoms with van der Waals surface area (Å²) in [6.45, 7) is 3.74. The number of ether oxygens (including phenoxy) is 2. The first-order valence-corrected chi connectivity index (χ1v) is 15.6. The van der Waals surface area contributed by atoms with E-state index in [0.29, 0.717) is 48.1 Å². The summed E-state index contributed by atoms with van der Waals surface area (Å²) in [7, 11) is -0.988. The minimum Gasteiger partial charge on any atom is -0.497 e. The largest absolute Gasteiger partial charge is 0.497 e. The van der Waals surface area contributed by atoms with E-state index in [1.807, 2.05) is 42.5 Å². The lowest BCUT2D eigenvalue weighted by Crippen LogP contribution is -2.48. The summed E-state index contributed by atoms with van der Waals surface area (Å²) in [6.07, 6.45) is 0. The Balaban J connectivity index is 1.38. The molecule has 0 spiro atoms. The second-order valence-corrected chi connectivity index (χ2v) is 11.9. The molecule has 5 rings (SSSR count). The average molecular weight is 601 g/mol. The van der Waals surface area contributed by atoms with Crippen LogP contribution in [0.15, 0.2) is 102 Å². The van der Waals surface area contributed by atoms with Gasteiger partial charge in [-0.25, -0.2) is 8.42 Å². The van der Waals surface area contributed by atoms with Gasteiger partial charge in [-0.15, -0.1) is 0 Å². The van der Waals surface area contributed by atoms with Crippen molar-refractivity contribution in [2.45, 2.75) is 18.0 Å². The first-order valence-electron chi connectivity index (χ1n) is 14.1. The fourth-order valence-electron chi connectivity index (χ4n) is 5.09. The number of carbonyl (C=O) groups is 1. The molecular weight excluding hydrogens is 564 g/mol. The molecule has 1 aliphatic heterocycles. The van der Waals surface area contributed by atoms with Crippen molar-refractivity contribution in [2.75, 3.05) is 50.4 Å². The molecule has 1 amide bonds. The topological polar surface area (TPSA) is 100 Å². The Labute approximate surface area is 253 Å². The highest BCUT2D eigenvalue weighted by molar-refractivity contribution is 7.92. The second kappa shape index (κ2) is 13.6. The number of nitrogens with zero attached hydrogens (tertiary/aromatic N) is 2. The van der Waals surface area contributed by atoms with Gasteiger partial charge in [-0.1, -0.05) is 54.6 Å². The number of methoxy groups -OCH3 is 2. The average Bonchev–Trinajstić information content (AvgIpc) is 3.04. The number of nitrogens with one attached hydrogen (secondary N) is 2. The Morgan fingerprint density at radius 1 is 0.814 bits per heavy atom. The van der Waals surface area contributed by atoms with E-state index in [4.69, 9.17) is 9.47 Å². The standard InChI is InChI=1S/C33H36N4O5S/c1-41-29-13-8-12-28(22-29)35-43(39,40)32-21-26(15-16-30(32)34-23-27-11-6-7-14-31(27)42-2)33(38)37-19-17-36(18-20-37)24-25-9-4-3-5-10-25/h3-16,21-22,34-35H,17-20,23-24H2,1-2H3. The third-order valence-corrected chi connectivity index (χ3v) is 8.83. The molecule has 43 heavy (non-hydrogen) atoms. The van der Waals surface area contributed by atoms with Crippen LogP contribution in [0.5, 0.6) is 11.5 Å². The van der Waals surface area contributed by atoms with Gasteiger partial charge in [-0.3, -0.25) is 14.4 Å². The molecule has 4 aromatic carbocycles. The van der Waals surface area contributed by atoms with Crippen LogP contribution in [-0.2, 0) is 23.1 Å². The highest BCUT2D eigenvalue weighted by atomic mass is 32.2. The highest BCUT2D eigenvalue weighted by Gasteiger charge is 2.26. The van der Waals surface area contributed by atoms with Crippen LogP contribution in [0.2, 0.25) is 0 Å². The molecule has 10 heteroatoms. The van der Waals surface area contributed by atoms with E-state index in [1.54, 1.807) is 48.4 Å². The van der Waals surface area contributed by atoms with E-state index in [9.17, 15) is 13.2 Å². The summed E-state index contributed by atoms with van der Waals surface area (Å²) in [4.78, 5) is 17.7. The molecule has 1 heterocycles. The van der Waals surface area contributed by atoms with Gasteiger partial charge >= 0.3 is 0 Å². The molecule has 0 bridgehead atoms. The van der Waals surface area contributed by atoms with Crippen LogP contribution in [-0.4, -0.2) is 64.5 Å². The third kappa shape index (κ3) is 7.46. The number of sulfonamides is 1. The van der Waals surface area contributed by atoms with Gasteiger partial charge in [0.05, 0.1) is 25.6 Å². The minimum absolute atomic E-state index is 0.0289. The summed E-state index contributed by atoms with van der Waals surface area (Å²) in [5, 5.41) is 3.24. The van der Waals surface area contributed by atoms with E-state index in [0.717, 1.165) is 25.2 Å². The number of rotatable bonds is 11. The van der Waals surface area contributed by atoms with Gasteiger partial charge in [-0.05, 0) is 42.0 Å². The van der Waals surface area contributed by atoms with Crippen molar-refractivity contribution in [3.8, 4) is 11.5 Å². The van der Waals surface area contributed by atoms with Crippen LogP contribution in [0.25, 0.3) is 0 Å². The maximum absolute atomic E-state index is 13.8. The fourth-order valence-corrected chi connectivity index (χ4v) is 6.35. The Hall–Kier alpha value is -4.54. The lowest BCUT2D eigenvalue weighted by molar-refractivity contribution is 0.0628. The van der Waals surface area contributed by atoms with Crippen molar-refractivity contribution in [3.05, 3.63) is 114 Å². The molecule has 0 unspecified atom stereocenters. The molecule has 0 radical (unpaired) electrons. The van der Waals surface area contributed by atoms with Gasteiger partial charge in [0.15, 0.2) is 0 Å². The molecular formula is C33H36N4O5S. The van der Waals surface area contributed by atoms with Gasteiger partial charge in [0.1, 0.15) is 16.4 Å². The Morgan fingerprint density at radius 3 is 2.30 bits per heavy atom. The lowest BCUT2D eigenvalue weighted by atomic mass is 10.1. The molecule has 224 valence electrons. The number of amides is 1. The van der Waals surface area contributed by atoms with E-state index in [-0.39, 0.29) is 10.8 Å². The maximum atomic E-state index is 13.8. The summed E-state index contributed by atoms with van der Waals surface area (Å²) in [6, 6.07) is 29.2. The molecule has 1 fully saturated rings. The van der Waals surface area contributed by atoms with E-state index in [2.05, 4.69) is 27.1 Å². The number of benzene rings is 4. The van der Waals surface area contributed by atoms with Crippen LogP contribution in [0.4, 0.5) is 11.4 Å². The molecule has 0 saturated carbocycles. The zero-order valence-electron chi connectivity index (χ0n) is 24.3. The summed E-state index contributed by atoms with van der Waals surface area (Å²) < 4.78 is 40.9. The fraction of sp³-hybridized carbons (Fsp3) is 0.242. The van der Waals surface area contributed by atoms with Crippen LogP contribution in [0.3, 0.4) is 0 Å². The highest BCUT2D eigenvalue weighted by Crippen LogP contribution is 2.29. The Bertz CT molecular complexity index is 1660. The minimum atomic E-state index is -4.10. The van der Waals surface area contributed by atoms with Gasteiger partial charge in [0.25, 0.3) is 15.9 Å². The number of piperazine rings is 1. The first-order chi connectivity index (χ1) is 20.9. The van der Waals surface area contributed by atoms with Crippen molar-refractivity contribution in [2.24, 2.45) is 0 Å². The van der Waals surface area contributed by atoms with Crippen molar-refractivity contribution >= 4 is 27.3 Å². The first kappa shape index (κ1) is 29.9. The van der Waals surface area contributed by atoms with Crippen LogP contribution >= 0.6 is 0 Å². The van der Waals surface area contributed by atoms with E-state index < -0.39 is 10.0 Å². The Kier molecular flexibility index (Phi) is 9.48. The number of carbonyl (C=O) groups excluding carboxylic acids is 1. The van der Waals surface area contributed by atoms with Crippen molar-refractivity contribution < 1.29 is 22.7 Å². The molecule has 0 aromatic heterocycles. The number of hydrogen-bond acceptors (Lipinski definition) is 7. The molecule has 0 atom stereocenters. The predicted molar refractivity (Wildman–Crippen MR) is 168 cm³/mol. The smallest absolute Gasteiger partial charge is 0.263 e. The second-order valence-electron chi connectivity index (χ2n) is 10.3. The third-order valence-electron chi connectivity index (χ3n) is 7.41. The number of hydrogen-bond donors (Lipinski definition) is 2. The van der Waals surface area contributed by atoms with Crippen LogP contribution in [0.1, 0.15) is 21.5 Å². The SMILES string of the molecule is COc1cccc(NS(=O)(=O)c2cc(C(=O)N3CCN(Cc4ccccc4)CC3)ccc2NCc2ccccc2OC)c1. The monoisotopic (exact) mass is 600 g/mol. The molecule has 1 aliphatic rings. The predicted octanol–water partition coefficient (Wildman–Crippen LogP) is 5.07. The summed E-state index contributed by atoms with van der Waals surface area (Å²) in [5.41, 5.74) is 3.12. The summed E-state index contributed by atoms with van der Waals surface area (Å²) in [5.74, 6) is 1.01. The van der Waals surface area contributed by atoms with Crippen molar-refractivity contribution in [1.82, 2.24) is 9.80 Å². The van der Waals surface area contributed by atoms with Gasteiger partial charge in [0, 0.05) is 56.5 Å². The molecule has 0 aliphatic carbocycles. The molecule has 4 aromatic rings. The van der Waals surface area contributed by atoms with Crippen LogP contribution in [0, 0.1) is 0 Å². The van der Waals surface area contributed by atoms with Crippen molar-refractivity contribution in [1.29, 1.82) is 0 Å². The van der Waals surface area contributed by atoms with E-state index in [1.165, 1.54) is 18.7 Å². The van der Waals surface area contributed by atoms with Gasteiger partial charge in [0.2, 0.25) is 0 Å². The zero-order valence-corrected chi connectivity index (χ0v) is 25.1. The molecule has 1 saturated heterocycles.